The molecule has 0 aromatic carbocycles. The minimum Gasteiger partial charge on any atom is -0.455 e. The van der Waals surface area contributed by atoms with Gasteiger partial charge in [-0.05, 0) is 64.4 Å². The van der Waals surface area contributed by atoms with Crippen molar-refractivity contribution in [3.05, 3.63) is 11.6 Å². The topological polar surface area (TPSA) is 116 Å². The summed E-state index contributed by atoms with van der Waals surface area (Å²) in [5.74, 6) is -0.330. The van der Waals surface area contributed by atoms with Gasteiger partial charge < -0.3 is 29.9 Å². The average molecular weight is 625 g/mol. The molecule has 0 bridgehead atoms. The van der Waals surface area contributed by atoms with Crippen LogP contribution in [0, 0.1) is 0 Å². The zero-order valence-electron chi connectivity index (χ0n) is 28.3. The summed E-state index contributed by atoms with van der Waals surface area (Å²) < 4.78 is 11.1. The largest absolute Gasteiger partial charge is 0.455 e. The van der Waals surface area contributed by atoms with Crippen LogP contribution in [0.2, 0.25) is 0 Å². The molecule has 7 nitrogen and oxygen atoms in total. The predicted molar refractivity (Wildman–Crippen MR) is 177 cm³/mol. The lowest BCUT2D eigenvalue weighted by Gasteiger charge is -2.22. The molecule has 258 valence electrons. The zero-order chi connectivity index (χ0) is 32.0. The highest BCUT2D eigenvalue weighted by molar-refractivity contribution is 5.90. The summed E-state index contributed by atoms with van der Waals surface area (Å²) in [5, 5.41) is 41.8. The predicted octanol–water partition coefficient (Wildman–Crippen LogP) is 7.84. The summed E-state index contributed by atoms with van der Waals surface area (Å²) in [6.07, 6.45) is 25.3. The van der Waals surface area contributed by atoms with Gasteiger partial charge in [-0.25, -0.2) is 4.79 Å². The monoisotopic (exact) mass is 624 g/mol. The molecule has 2 aliphatic rings. The molecule has 0 aliphatic carbocycles. The molecule has 44 heavy (non-hydrogen) atoms. The van der Waals surface area contributed by atoms with Crippen LogP contribution in [0.4, 0.5) is 0 Å². The highest BCUT2D eigenvalue weighted by Crippen LogP contribution is 2.28. The van der Waals surface area contributed by atoms with E-state index in [2.05, 4.69) is 6.92 Å². The summed E-state index contributed by atoms with van der Waals surface area (Å²) in [5.41, 5.74) is 0.553. The molecule has 0 amide bonds. The van der Waals surface area contributed by atoms with Crippen molar-refractivity contribution >= 4 is 5.97 Å². The third-order valence-corrected chi connectivity index (χ3v) is 9.61. The number of carbonyl (C=O) groups is 1. The molecule has 1 saturated heterocycles. The first-order valence-corrected chi connectivity index (χ1v) is 18.6. The van der Waals surface area contributed by atoms with E-state index in [0.29, 0.717) is 24.8 Å². The third kappa shape index (κ3) is 17.6. The summed E-state index contributed by atoms with van der Waals surface area (Å²) in [7, 11) is 0. The van der Waals surface area contributed by atoms with E-state index in [1.807, 2.05) is 6.92 Å². The second-order valence-corrected chi connectivity index (χ2v) is 13.8. The minimum atomic E-state index is -0.584. The molecule has 0 spiro atoms. The Bertz CT molecular complexity index is 756. The van der Waals surface area contributed by atoms with Crippen molar-refractivity contribution in [3.8, 4) is 0 Å². The van der Waals surface area contributed by atoms with Gasteiger partial charge in [0.15, 0.2) is 0 Å². The van der Waals surface area contributed by atoms with E-state index in [9.17, 15) is 25.2 Å². The summed E-state index contributed by atoms with van der Waals surface area (Å²) >= 11 is 0. The quantitative estimate of drug-likeness (QED) is 0.0518. The van der Waals surface area contributed by atoms with Crippen LogP contribution >= 0.6 is 0 Å². The van der Waals surface area contributed by atoms with Crippen LogP contribution in [0.15, 0.2) is 11.6 Å². The molecule has 0 aromatic heterocycles. The van der Waals surface area contributed by atoms with Crippen molar-refractivity contribution in [1.82, 2.24) is 0 Å². The molecule has 2 heterocycles. The van der Waals surface area contributed by atoms with E-state index in [1.54, 1.807) is 6.08 Å². The Kier molecular flexibility index (Phi) is 21.6. The first-order valence-electron chi connectivity index (χ1n) is 18.6. The molecule has 0 saturated carbocycles. The molecule has 1 fully saturated rings. The maximum absolute atomic E-state index is 11.7. The number of hydrogen-bond donors (Lipinski definition) is 4. The number of aliphatic hydroxyl groups excluding tert-OH is 4. The van der Waals surface area contributed by atoms with Crippen molar-refractivity contribution in [2.45, 2.75) is 217 Å². The second kappa shape index (κ2) is 24.2. The Morgan fingerprint density at radius 2 is 1.07 bits per heavy atom. The molecular formula is C37H68O7. The lowest BCUT2D eigenvalue weighted by molar-refractivity contribution is -0.139. The SMILES string of the molecule is CCCCCCCCCCCCCC[C@@H](O)[C@H]1CC[C@H]([C@H](O)CCCCCC[C@H](O)CCC[C@@H](O)CC2=C[C@H](C)OC2=O)O1. The van der Waals surface area contributed by atoms with Gasteiger partial charge in [-0.3, -0.25) is 0 Å². The molecule has 0 unspecified atom stereocenters. The van der Waals surface area contributed by atoms with E-state index in [-0.39, 0.29) is 30.4 Å². The standard InChI is InChI=1S/C37H68O7/c1-3-4-5-6-7-8-9-10-11-12-13-17-23-33(40)35-25-26-36(44-35)34(41)24-18-15-14-16-20-31(38)21-19-22-32(39)28-30-27-29(2)43-37(30)42/h27,29,31-36,38-41H,3-26,28H2,1-2H3/t29-,31-,32+,33+,34+,35+,36+/m0/s1. The van der Waals surface area contributed by atoms with Gasteiger partial charge in [-0.2, -0.15) is 0 Å². The number of carbonyl (C=O) groups excluding carboxylic acids is 1. The summed E-state index contributed by atoms with van der Waals surface area (Å²) in [6.45, 7) is 4.07. The fraction of sp³-hybridized carbons (Fsp3) is 0.919. The van der Waals surface area contributed by atoms with Crippen molar-refractivity contribution in [2.24, 2.45) is 0 Å². The van der Waals surface area contributed by atoms with Gasteiger partial charge in [0.2, 0.25) is 0 Å². The van der Waals surface area contributed by atoms with Crippen LogP contribution in [-0.4, -0.2) is 69.1 Å². The van der Waals surface area contributed by atoms with Gasteiger partial charge in [0, 0.05) is 12.0 Å². The molecule has 7 atom stereocenters. The molecule has 0 aromatic rings. The number of aliphatic hydroxyl groups is 4. The number of esters is 1. The maximum Gasteiger partial charge on any atom is 0.334 e. The normalized spacial score (nSPS) is 23.0. The molecule has 2 aliphatic heterocycles. The van der Waals surface area contributed by atoms with Gasteiger partial charge in [-0.1, -0.05) is 110 Å². The van der Waals surface area contributed by atoms with Gasteiger partial charge in [0.25, 0.3) is 0 Å². The molecule has 2 rings (SSSR count). The highest BCUT2D eigenvalue weighted by Gasteiger charge is 2.34. The molecule has 7 heteroatoms. The van der Waals surface area contributed by atoms with Gasteiger partial charge in [-0.15, -0.1) is 0 Å². The fourth-order valence-corrected chi connectivity index (χ4v) is 6.78. The number of rotatable bonds is 28. The number of hydrogen-bond acceptors (Lipinski definition) is 7. The summed E-state index contributed by atoms with van der Waals surface area (Å²) in [6, 6.07) is 0. The number of ether oxygens (including phenoxy) is 2. The Morgan fingerprint density at radius 3 is 1.55 bits per heavy atom. The Labute approximate surface area is 269 Å². The summed E-state index contributed by atoms with van der Waals surface area (Å²) in [4.78, 5) is 11.7. The lowest BCUT2D eigenvalue weighted by Crippen LogP contribution is -2.31. The van der Waals surface area contributed by atoms with Crippen molar-refractivity contribution in [1.29, 1.82) is 0 Å². The van der Waals surface area contributed by atoms with Crippen LogP contribution in [-0.2, 0) is 14.3 Å². The molecule has 0 radical (unpaired) electrons. The molecule has 4 N–H and O–H groups in total. The van der Waals surface area contributed by atoms with Crippen LogP contribution in [0.5, 0.6) is 0 Å². The smallest absolute Gasteiger partial charge is 0.334 e. The van der Waals surface area contributed by atoms with Crippen LogP contribution in [0.3, 0.4) is 0 Å². The van der Waals surface area contributed by atoms with Crippen LogP contribution < -0.4 is 0 Å². The van der Waals surface area contributed by atoms with Crippen molar-refractivity contribution in [3.63, 3.8) is 0 Å². The fourth-order valence-electron chi connectivity index (χ4n) is 6.78. The lowest BCUT2D eigenvalue weighted by atomic mass is 9.99. The van der Waals surface area contributed by atoms with E-state index < -0.39 is 18.3 Å². The average Bonchev–Trinajstić information content (AvgIpc) is 3.61. The second-order valence-electron chi connectivity index (χ2n) is 13.8. The van der Waals surface area contributed by atoms with Crippen molar-refractivity contribution in [2.75, 3.05) is 0 Å². The first kappa shape index (κ1) is 39.2. The Morgan fingerprint density at radius 1 is 0.636 bits per heavy atom. The van der Waals surface area contributed by atoms with E-state index >= 15 is 0 Å². The highest BCUT2D eigenvalue weighted by atomic mass is 16.5. The minimum absolute atomic E-state index is 0.134. The molecular weight excluding hydrogens is 556 g/mol. The maximum atomic E-state index is 11.7. The van der Waals surface area contributed by atoms with E-state index in [0.717, 1.165) is 70.6 Å². The first-order chi connectivity index (χ1) is 21.3. The Hall–Kier alpha value is -0.990. The van der Waals surface area contributed by atoms with E-state index in [1.165, 1.54) is 70.6 Å². The van der Waals surface area contributed by atoms with Crippen molar-refractivity contribution < 1.29 is 34.7 Å². The van der Waals surface area contributed by atoms with Crippen LogP contribution in [0.1, 0.15) is 174 Å². The Balaban J connectivity index is 1.39. The van der Waals surface area contributed by atoms with E-state index in [4.69, 9.17) is 9.47 Å². The van der Waals surface area contributed by atoms with Gasteiger partial charge in [0.1, 0.15) is 6.10 Å². The van der Waals surface area contributed by atoms with Gasteiger partial charge in [0.05, 0.1) is 36.6 Å². The third-order valence-electron chi connectivity index (χ3n) is 9.61. The van der Waals surface area contributed by atoms with Gasteiger partial charge >= 0.3 is 5.97 Å². The number of cyclic esters (lactones) is 1. The zero-order valence-corrected chi connectivity index (χ0v) is 28.3. The van der Waals surface area contributed by atoms with Crippen LogP contribution in [0.25, 0.3) is 0 Å². The number of unbranched alkanes of at least 4 members (excludes halogenated alkanes) is 14.